The lowest BCUT2D eigenvalue weighted by molar-refractivity contribution is -0.120. The smallest absolute Gasteiger partial charge is 0.263 e. The van der Waals surface area contributed by atoms with Crippen LogP contribution in [0.15, 0.2) is 64.5 Å². The van der Waals surface area contributed by atoms with Gasteiger partial charge in [0, 0.05) is 11.4 Å². The summed E-state index contributed by atoms with van der Waals surface area (Å²) >= 11 is 2.83. The molecular weight excluding hydrogens is 466 g/mol. The first kappa shape index (κ1) is 24.0. The number of nitrogens with zero attached hydrogens (tertiary/aromatic N) is 2. The number of rotatable bonds is 8. The number of ether oxygens (including phenoxy) is 1. The van der Waals surface area contributed by atoms with Crippen LogP contribution in [0.25, 0.3) is 10.2 Å². The van der Waals surface area contributed by atoms with E-state index in [9.17, 15) is 9.59 Å². The van der Waals surface area contributed by atoms with Crippen LogP contribution in [0.4, 0.5) is 0 Å². The van der Waals surface area contributed by atoms with E-state index < -0.39 is 5.25 Å². The van der Waals surface area contributed by atoms with Crippen molar-refractivity contribution in [3.05, 3.63) is 86.5 Å². The van der Waals surface area contributed by atoms with Crippen molar-refractivity contribution >= 4 is 39.2 Å². The number of methoxy groups -OCH3 is 1. The molecule has 0 bridgehead atoms. The van der Waals surface area contributed by atoms with E-state index in [2.05, 4.69) is 5.32 Å². The first-order valence-corrected chi connectivity index (χ1v) is 12.7. The molecule has 0 aliphatic rings. The zero-order valence-corrected chi connectivity index (χ0v) is 21.3. The Balaban J connectivity index is 1.58. The Morgan fingerprint density at radius 1 is 1.12 bits per heavy atom. The molecule has 0 radical (unpaired) electrons. The van der Waals surface area contributed by atoms with Gasteiger partial charge in [0.05, 0.1) is 24.3 Å². The van der Waals surface area contributed by atoms with Crippen molar-refractivity contribution in [2.75, 3.05) is 7.11 Å². The lowest BCUT2D eigenvalue weighted by Gasteiger charge is -2.16. The van der Waals surface area contributed by atoms with E-state index in [4.69, 9.17) is 9.72 Å². The zero-order chi connectivity index (χ0) is 24.2. The van der Waals surface area contributed by atoms with Gasteiger partial charge in [-0.2, -0.15) is 0 Å². The molecule has 2 aromatic heterocycles. The maximum Gasteiger partial charge on any atom is 0.263 e. The van der Waals surface area contributed by atoms with Gasteiger partial charge >= 0.3 is 0 Å². The molecule has 0 aliphatic heterocycles. The fourth-order valence-electron chi connectivity index (χ4n) is 3.59. The van der Waals surface area contributed by atoms with Crippen LogP contribution in [0, 0.1) is 13.8 Å². The van der Waals surface area contributed by atoms with Gasteiger partial charge in [0.25, 0.3) is 5.56 Å². The summed E-state index contributed by atoms with van der Waals surface area (Å²) in [7, 11) is 1.62. The van der Waals surface area contributed by atoms with Crippen molar-refractivity contribution in [3.63, 3.8) is 0 Å². The summed E-state index contributed by atoms with van der Waals surface area (Å²) in [6, 6.07) is 17.4. The molecule has 4 rings (SSSR count). The number of aromatic nitrogens is 2. The third-order valence-electron chi connectivity index (χ3n) is 5.71. The average molecular weight is 494 g/mol. The second-order valence-corrected chi connectivity index (χ2v) is 10.6. The monoisotopic (exact) mass is 493 g/mol. The number of fused-ring (bicyclic) bond motifs is 1. The van der Waals surface area contributed by atoms with Crippen LogP contribution in [0.1, 0.15) is 28.5 Å². The minimum atomic E-state index is -0.424. The van der Waals surface area contributed by atoms with Crippen molar-refractivity contribution in [2.24, 2.45) is 0 Å². The molecule has 2 heterocycles. The number of aryl methyl sites for hydroxylation is 2. The standard InChI is InChI=1S/C26H27N3O3S2/c1-16-17(2)33-24-22(16)25(31)29(15-20-8-6-5-7-9-20)26(28-24)34-18(3)23(30)27-14-19-10-12-21(32-4)13-11-19/h5-13,18H,14-15H2,1-4H3,(H,27,30)/t18-/m1/s1. The highest BCUT2D eigenvalue weighted by molar-refractivity contribution is 8.00. The predicted molar refractivity (Wildman–Crippen MR) is 139 cm³/mol. The summed E-state index contributed by atoms with van der Waals surface area (Å²) in [5.74, 6) is 0.663. The Bertz CT molecular complexity index is 1360. The molecule has 4 aromatic rings. The summed E-state index contributed by atoms with van der Waals surface area (Å²) in [5, 5.41) is 3.77. The number of nitrogens with one attached hydrogen (secondary N) is 1. The fraction of sp³-hybridized carbons (Fsp3) is 0.269. The van der Waals surface area contributed by atoms with Crippen LogP contribution in [-0.2, 0) is 17.9 Å². The molecule has 1 atom stereocenters. The Morgan fingerprint density at radius 2 is 1.82 bits per heavy atom. The maximum absolute atomic E-state index is 13.5. The van der Waals surface area contributed by atoms with Gasteiger partial charge in [0.2, 0.25) is 5.91 Å². The molecule has 0 aliphatic carbocycles. The van der Waals surface area contributed by atoms with Crippen molar-refractivity contribution in [1.29, 1.82) is 0 Å². The van der Waals surface area contributed by atoms with E-state index in [1.807, 2.05) is 75.4 Å². The van der Waals surface area contributed by atoms with Gasteiger partial charge in [-0.25, -0.2) is 4.98 Å². The number of carbonyl (C=O) groups excluding carboxylic acids is 1. The van der Waals surface area contributed by atoms with Crippen LogP contribution in [-0.4, -0.2) is 27.8 Å². The topological polar surface area (TPSA) is 73.2 Å². The SMILES string of the molecule is COc1ccc(CNC(=O)[C@@H](C)Sc2nc3sc(C)c(C)c3c(=O)n2Cc2ccccc2)cc1. The van der Waals surface area contributed by atoms with Gasteiger partial charge in [-0.15, -0.1) is 11.3 Å². The number of hydrogen-bond donors (Lipinski definition) is 1. The highest BCUT2D eigenvalue weighted by Crippen LogP contribution is 2.30. The van der Waals surface area contributed by atoms with Gasteiger partial charge in [-0.1, -0.05) is 54.2 Å². The normalized spacial score (nSPS) is 12.0. The van der Waals surface area contributed by atoms with Gasteiger partial charge in [-0.05, 0) is 49.6 Å². The Kier molecular flexibility index (Phi) is 7.38. The highest BCUT2D eigenvalue weighted by Gasteiger charge is 2.21. The molecule has 0 spiro atoms. The minimum absolute atomic E-state index is 0.0657. The van der Waals surface area contributed by atoms with E-state index in [0.29, 0.717) is 23.6 Å². The molecule has 0 saturated heterocycles. The molecule has 34 heavy (non-hydrogen) atoms. The van der Waals surface area contributed by atoms with Gasteiger partial charge in [0.1, 0.15) is 10.6 Å². The Morgan fingerprint density at radius 3 is 2.50 bits per heavy atom. The van der Waals surface area contributed by atoms with Crippen LogP contribution >= 0.6 is 23.1 Å². The number of thiophene rings is 1. The molecular formula is C26H27N3O3S2. The largest absolute Gasteiger partial charge is 0.497 e. The second-order valence-electron chi connectivity index (χ2n) is 8.06. The molecule has 0 saturated carbocycles. The molecule has 0 fully saturated rings. The minimum Gasteiger partial charge on any atom is -0.497 e. The molecule has 2 aromatic carbocycles. The molecule has 8 heteroatoms. The lowest BCUT2D eigenvalue weighted by Crippen LogP contribution is -2.31. The van der Waals surface area contributed by atoms with Crippen molar-refractivity contribution < 1.29 is 9.53 Å². The summed E-state index contributed by atoms with van der Waals surface area (Å²) in [6.07, 6.45) is 0. The third kappa shape index (κ3) is 5.18. The first-order chi connectivity index (χ1) is 16.4. The molecule has 1 amide bonds. The highest BCUT2D eigenvalue weighted by atomic mass is 32.2. The number of hydrogen-bond acceptors (Lipinski definition) is 6. The third-order valence-corrected chi connectivity index (χ3v) is 7.91. The van der Waals surface area contributed by atoms with Crippen molar-refractivity contribution in [3.8, 4) is 5.75 Å². The molecule has 6 nitrogen and oxygen atoms in total. The summed E-state index contributed by atoms with van der Waals surface area (Å²) in [5.41, 5.74) is 2.90. The van der Waals surface area contributed by atoms with Gasteiger partial charge in [0.15, 0.2) is 5.16 Å². The van der Waals surface area contributed by atoms with E-state index >= 15 is 0 Å². The number of amides is 1. The zero-order valence-electron chi connectivity index (χ0n) is 19.6. The predicted octanol–water partition coefficient (Wildman–Crippen LogP) is 4.93. The van der Waals surface area contributed by atoms with E-state index in [0.717, 1.165) is 32.1 Å². The van der Waals surface area contributed by atoms with Gasteiger partial charge < -0.3 is 10.1 Å². The van der Waals surface area contributed by atoms with E-state index in [1.165, 1.54) is 23.1 Å². The van der Waals surface area contributed by atoms with E-state index in [1.54, 1.807) is 11.7 Å². The van der Waals surface area contributed by atoms with Crippen LogP contribution in [0.2, 0.25) is 0 Å². The summed E-state index contributed by atoms with van der Waals surface area (Å²) < 4.78 is 6.87. The fourth-order valence-corrected chi connectivity index (χ4v) is 5.59. The molecule has 0 unspecified atom stereocenters. The van der Waals surface area contributed by atoms with Crippen LogP contribution in [0.3, 0.4) is 0 Å². The summed E-state index contributed by atoms with van der Waals surface area (Å²) in [6.45, 7) is 6.62. The molecule has 176 valence electrons. The van der Waals surface area contributed by atoms with Gasteiger partial charge in [-0.3, -0.25) is 14.2 Å². The molecule has 1 N–H and O–H groups in total. The van der Waals surface area contributed by atoms with Crippen molar-refractivity contribution in [2.45, 2.75) is 44.3 Å². The lowest BCUT2D eigenvalue weighted by atomic mass is 10.2. The average Bonchev–Trinajstić information content (AvgIpc) is 3.13. The summed E-state index contributed by atoms with van der Waals surface area (Å²) in [4.78, 5) is 33.0. The maximum atomic E-state index is 13.5. The number of thioether (sulfide) groups is 1. The Hall–Kier alpha value is -3.10. The number of benzene rings is 2. The Labute approximate surface area is 207 Å². The number of carbonyl (C=O) groups is 1. The first-order valence-electron chi connectivity index (χ1n) is 11.0. The van der Waals surface area contributed by atoms with Crippen LogP contribution < -0.4 is 15.6 Å². The quantitative estimate of drug-likeness (QED) is 0.278. The second kappa shape index (κ2) is 10.4. The van der Waals surface area contributed by atoms with E-state index in [-0.39, 0.29) is 11.5 Å². The van der Waals surface area contributed by atoms with Crippen molar-refractivity contribution in [1.82, 2.24) is 14.9 Å². The van der Waals surface area contributed by atoms with Crippen LogP contribution in [0.5, 0.6) is 5.75 Å².